The molecule has 0 saturated carbocycles. The highest BCUT2D eigenvalue weighted by atomic mass is 35.5. The van der Waals surface area contributed by atoms with E-state index in [1.165, 1.54) is 22.1 Å². The van der Waals surface area contributed by atoms with Gasteiger partial charge in [0.05, 0.1) is 17.0 Å². The normalized spacial score (nSPS) is 10.5. The smallest absolute Gasteiger partial charge is 0.307 e. The number of nitro groups is 1. The van der Waals surface area contributed by atoms with Gasteiger partial charge in [-0.25, -0.2) is 0 Å². The summed E-state index contributed by atoms with van der Waals surface area (Å²) in [7, 11) is 0. The molecule has 0 fully saturated rings. The van der Waals surface area contributed by atoms with Gasteiger partial charge in [-0.1, -0.05) is 29.0 Å². The lowest BCUT2D eigenvalue weighted by molar-refractivity contribution is -0.384. The Labute approximate surface area is 127 Å². The van der Waals surface area contributed by atoms with Gasteiger partial charge in [-0.15, -0.1) is 0 Å². The molecule has 1 aromatic heterocycles. The first-order valence-electron chi connectivity index (χ1n) is 5.74. The third-order valence-corrected chi connectivity index (χ3v) is 3.85. The number of halogens is 1. The van der Waals surface area contributed by atoms with E-state index in [9.17, 15) is 19.7 Å². The summed E-state index contributed by atoms with van der Waals surface area (Å²) in [6, 6.07) is 4.19. The zero-order valence-electron chi connectivity index (χ0n) is 10.5. The van der Waals surface area contributed by atoms with Crippen molar-refractivity contribution in [2.45, 2.75) is 13.0 Å². The fourth-order valence-electron chi connectivity index (χ4n) is 1.79. The van der Waals surface area contributed by atoms with Crippen LogP contribution in [0, 0.1) is 10.1 Å². The van der Waals surface area contributed by atoms with Gasteiger partial charge in [0.15, 0.2) is 0 Å². The average Bonchev–Trinajstić information content (AvgIpc) is 2.78. The molecule has 9 heteroatoms. The number of carboxylic acid groups (broad SMARTS) is 1. The van der Waals surface area contributed by atoms with Gasteiger partial charge in [0.25, 0.3) is 5.69 Å². The number of benzene rings is 1. The highest BCUT2D eigenvalue weighted by molar-refractivity contribution is 7.07. The van der Waals surface area contributed by atoms with Crippen molar-refractivity contribution in [3.63, 3.8) is 0 Å². The number of hydrogen-bond acceptors (Lipinski definition) is 5. The van der Waals surface area contributed by atoms with Crippen LogP contribution in [0.2, 0.25) is 5.02 Å². The maximum absolute atomic E-state index is 11.7. The van der Waals surface area contributed by atoms with Crippen molar-refractivity contribution in [1.82, 2.24) is 4.57 Å². The number of carboxylic acids is 1. The summed E-state index contributed by atoms with van der Waals surface area (Å²) in [4.78, 5) is 32.3. The number of nitrogens with zero attached hydrogens (tertiary/aromatic N) is 2. The van der Waals surface area contributed by atoms with Crippen molar-refractivity contribution in [2.75, 3.05) is 0 Å². The maximum atomic E-state index is 11.7. The largest absolute Gasteiger partial charge is 0.481 e. The van der Waals surface area contributed by atoms with Crippen molar-refractivity contribution in [1.29, 1.82) is 0 Å². The molecule has 0 aliphatic heterocycles. The van der Waals surface area contributed by atoms with E-state index < -0.39 is 10.9 Å². The molecule has 0 saturated heterocycles. The molecule has 1 heterocycles. The standard InChI is InChI=1S/C12H9ClN2O5S/c13-8-2-1-7(5-9(8)15(19)20)10-6-21-12(18)14(10)4-3-11(16)17/h1-2,5-6H,3-4H2,(H,16,17). The molecule has 21 heavy (non-hydrogen) atoms. The van der Waals surface area contributed by atoms with Gasteiger partial charge in [-0.3, -0.25) is 24.3 Å². The lowest BCUT2D eigenvalue weighted by Gasteiger charge is -2.06. The van der Waals surface area contributed by atoms with Crippen LogP contribution in [0.1, 0.15) is 6.42 Å². The summed E-state index contributed by atoms with van der Waals surface area (Å²) in [5.41, 5.74) is 0.610. The monoisotopic (exact) mass is 328 g/mol. The quantitative estimate of drug-likeness (QED) is 0.671. The van der Waals surface area contributed by atoms with Crippen LogP contribution in [-0.4, -0.2) is 20.6 Å². The molecule has 0 aliphatic carbocycles. The number of aliphatic carboxylic acids is 1. The Hall–Kier alpha value is -2.19. The van der Waals surface area contributed by atoms with Crippen molar-refractivity contribution in [3.8, 4) is 11.3 Å². The molecule has 0 atom stereocenters. The topological polar surface area (TPSA) is 102 Å². The second kappa shape index (κ2) is 6.06. The zero-order valence-corrected chi connectivity index (χ0v) is 12.1. The molecule has 7 nitrogen and oxygen atoms in total. The minimum absolute atomic E-state index is 0.00147. The van der Waals surface area contributed by atoms with Gasteiger partial charge in [0.2, 0.25) is 0 Å². The Morgan fingerprint density at radius 1 is 1.48 bits per heavy atom. The molecule has 0 radical (unpaired) electrons. The molecule has 0 amide bonds. The van der Waals surface area contributed by atoms with Crippen molar-refractivity contribution < 1.29 is 14.8 Å². The number of nitro benzene ring substituents is 1. The van der Waals surface area contributed by atoms with E-state index in [4.69, 9.17) is 16.7 Å². The van der Waals surface area contributed by atoms with E-state index in [0.717, 1.165) is 11.3 Å². The third-order valence-electron chi connectivity index (χ3n) is 2.77. The molecule has 2 aromatic rings. The number of aromatic nitrogens is 1. The second-order valence-corrected chi connectivity index (χ2v) is 5.33. The minimum Gasteiger partial charge on any atom is -0.481 e. The van der Waals surface area contributed by atoms with E-state index in [-0.39, 0.29) is 28.5 Å². The van der Waals surface area contributed by atoms with Crippen LogP contribution in [0.15, 0.2) is 28.4 Å². The van der Waals surface area contributed by atoms with Crippen molar-refractivity contribution in [3.05, 3.63) is 48.4 Å². The van der Waals surface area contributed by atoms with Gasteiger partial charge in [0.1, 0.15) is 5.02 Å². The van der Waals surface area contributed by atoms with Gasteiger partial charge in [-0.05, 0) is 6.07 Å². The summed E-state index contributed by atoms with van der Waals surface area (Å²) < 4.78 is 1.28. The molecule has 2 rings (SSSR count). The Morgan fingerprint density at radius 3 is 2.81 bits per heavy atom. The molecule has 0 unspecified atom stereocenters. The molecule has 110 valence electrons. The first-order chi connectivity index (χ1) is 9.90. The summed E-state index contributed by atoms with van der Waals surface area (Å²) in [6.45, 7) is 0.00340. The predicted molar refractivity (Wildman–Crippen MR) is 77.9 cm³/mol. The molecular formula is C12H9ClN2O5S. The van der Waals surface area contributed by atoms with Gasteiger partial charge in [-0.2, -0.15) is 0 Å². The lowest BCUT2D eigenvalue weighted by atomic mass is 10.1. The summed E-state index contributed by atoms with van der Waals surface area (Å²) in [5, 5.41) is 21.1. The number of carbonyl (C=O) groups is 1. The van der Waals surface area contributed by atoms with Crippen molar-refractivity contribution in [2.24, 2.45) is 0 Å². The summed E-state index contributed by atoms with van der Waals surface area (Å²) in [6.07, 6.45) is -0.209. The summed E-state index contributed by atoms with van der Waals surface area (Å²) in [5.74, 6) is -1.03. The molecule has 0 bridgehead atoms. The number of hydrogen-bond donors (Lipinski definition) is 1. The SMILES string of the molecule is O=C(O)CCn1c(-c2ccc(Cl)c([N+](=O)[O-])c2)csc1=O. The van der Waals surface area contributed by atoms with E-state index in [2.05, 4.69) is 0 Å². The highest BCUT2D eigenvalue weighted by Crippen LogP contribution is 2.30. The lowest BCUT2D eigenvalue weighted by Crippen LogP contribution is -2.16. The van der Waals surface area contributed by atoms with E-state index >= 15 is 0 Å². The third kappa shape index (κ3) is 3.29. The Bertz CT molecular complexity index is 767. The predicted octanol–water partition coefficient (Wildman–Crippen LogP) is 2.61. The molecule has 1 N–H and O–H groups in total. The van der Waals surface area contributed by atoms with Crippen LogP contribution in [0.3, 0.4) is 0 Å². The highest BCUT2D eigenvalue weighted by Gasteiger charge is 2.16. The van der Waals surface area contributed by atoms with Crippen LogP contribution in [0.25, 0.3) is 11.3 Å². The fraction of sp³-hybridized carbons (Fsp3) is 0.167. The first-order valence-corrected chi connectivity index (χ1v) is 7.00. The van der Waals surface area contributed by atoms with Crippen LogP contribution in [0.5, 0.6) is 0 Å². The fourth-order valence-corrected chi connectivity index (χ4v) is 2.77. The zero-order chi connectivity index (χ0) is 15.6. The van der Waals surface area contributed by atoms with E-state index in [1.54, 1.807) is 6.07 Å². The molecular weight excluding hydrogens is 320 g/mol. The Morgan fingerprint density at radius 2 is 2.19 bits per heavy atom. The number of thiazole rings is 1. The summed E-state index contributed by atoms with van der Waals surface area (Å²) >= 11 is 6.65. The maximum Gasteiger partial charge on any atom is 0.307 e. The van der Waals surface area contributed by atoms with Crippen LogP contribution in [-0.2, 0) is 11.3 Å². The second-order valence-electron chi connectivity index (χ2n) is 4.11. The van der Waals surface area contributed by atoms with Crippen molar-refractivity contribution >= 4 is 34.6 Å². The molecule has 0 spiro atoms. The van der Waals surface area contributed by atoms with E-state index in [0.29, 0.717) is 11.3 Å². The van der Waals surface area contributed by atoms with E-state index in [1.807, 2.05) is 0 Å². The van der Waals surface area contributed by atoms with Crippen LogP contribution < -0.4 is 4.87 Å². The average molecular weight is 329 g/mol. The van der Waals surface area contributed by atoms with Crippen LogP contribution >= 0.6 is 22.9 Å². The number of rotatable bonds is 5. The Balaban J connectivity index is 2.47. The molecule has 0 aliphatic rings. The molecule has 1 aromatic carbocycles. The minimum atomic E-state index is -1.03. The van der Waals surface area contributed by atoms with Crippen LogP contribution in [0.4, 0.5) is 5.69 Å². The first kappa shape index (κ1) is 15.2. The van der Waals surface area contributed by atoms with Gasteiger partial charge in [0, 0.05) is 23.6 Å². The van der Waals surface area contributed by atoms with Gasteiger partial charge < -0.3 is 5.11 Å². The van der Waals surface area contributed by atoms with Gasteiger partial charge >= 0.3 is 10.8 Å². The Kier molecular flexibility index (Phi) is 4.39.